The van der Waals surface area contributed by atoms with Crippen molar-refractivity contribution < 1.29 is 28.6 Å². The first kappa shape index (κ1) is 17.2. The van der Waals surface area contributed by atoms with Crippen molar-refractivity contribution in [2.24, 2.45) is 0 Å². The zero-order valence-corrected chi connectivity index (χ0v) is 11.4. The predicted molar refractivity (Wildman–Crippen MR) is 67.2 cm³/mol. The lowest BCUT2D eigenvalue weighted by Gasteiger charge is -2.07. The molecule has 0 bridgehead atoms. The predicted octanol–water partition coefficient (Wildman–Crippen LogP) is 1.38. The molecule has 0 aliphatic carbocycles. The van der Waals surface area contributed by atoms with E-state index < -0.39 is 24.5 Å². The van der Waals surface area contributed by atoms with E-state index >= 15 is 0 Å². The second kappa shape index (κ2) is 10.1. The summed E-state index contributed by atoms with van der Waals surface area (Å²) >= 11 is 0. The molecule has 0 saturated carbocycles. The van der Waals surface area contributed by atoms with Gasteiger partial charge in [-0.2, -0.15) is 0 Å². The molecule has 108 valence electrons. The minimum absolute atomic E-state index is 0.00459. The second-order valence-corrected chi connectivity index (χ2v) is 3.74. The molecule has 0 aromatic rings. The highest BCUT2D eigenvalue weighted by Gasteiger charge is 2.15. The third kappa shape index (κ3) is 8.82. The summed E-state index contributed by atoms with van der Waals surface area (Å²) in [5.41, 5.74) is 0.00459. The van der Waals surface area contributed by atoms with Gasteiger partial charge in [-0.1, -0.05) is 19.9 Å². The maximum atomic E-state index is 11.4. The summed E-state index contributed by atoms with van der Waals surface area (Å²) in [6.07, 6.45) is 1.36. The quantitative estimate of drug-likeness (QED) is 0.273. The SMILES string of the molecule is C=C(CC(=O)OCC(=O)OCC)C(=O)OCCCC. The van der Waals surface area contributed by atoms with Crippen molar-refractivity contribution in [3.8, 4) is 0 Å². The van der Waals surface area contributed by atoms with Crippen molar-refractivity contribution in [2.75, 3.05) is 19.8 Å². The average molecular weight is 272 g/mol. The number of rotatable bonds is 9. The maximum absolute atomic E-state index is 11.4. The van der Waals surface area contributed by atoms with E-state index in [1.165, 1.54) is 0 Å². The zero-order valence-electron chi connectivity index (χ0n) is 11.4. The first-order valence-corrected chi connectivity index (χ1v) is 6.17. The van der Waals surface area contributed by atoms with Crippen LogP contribution in [0.2, 0.25) is 0 Å². The Morgan fingerprint density at radius 2 is 1.68 bits per heavy atom. The van der Waals surface area contributed by atoms with Gasteiger partial charge >= 0.3 is 17.9 Å². The molecule has 0 N–H and O–H groups in total. The van der Waals surface area contributed by atoms with Crippen LogP contribution in [-0.4, -0.2) is 37.7 Å². The Morgan fingerprint density at radius 1 is 1.00 bits per heavy atom. The van der Waals surface area contributed by atoms with E-state index in [4.69, 9.17) is 4.74 Å². The normalized spacial score (nSPS) is 9.58. The molecule has 0 atom stereocenters. The molecule has 0 radical (unpaired) electrons. The summed E-state index contributed by atoms with van der Waals surface area (Å²) in [4.78, 5) is 33.6. The number of carbonyl (C=O) groups excluding carboxylic acids is 3. The molecule has 0 spiro atoms. The first-order valence-electron chi connectivity index (χ1n) is 6.17. The molecular weight excluding hydrogens is 252 g/mol. The van der Waals surface area contributed by atoms with Crippen molar-refractivity contribution in [2.45, 2.75) is 33.1 Å². The number of carbonyl (C=O) groups is 3. The Kier molecular flexibility index (Phi) is 9.12. The molecule has 0 aromatic heterocycles. The number of hydrogen-bond acceptors (Lipinski definition) is 6. The van der Waals surface area contributed by atoms with E-state index in [1.807, 2.05) is 6.92 Å². The van der Waals surface area contributed by atoms with Gasteiger partial charge in [0.15, 0.2) is 6.61 Å². The van der Waals surface area contributed by atoms with Crippen LogP contribution in [0.15, 0.2) is 12.2 Å². The van der Waals surface area contributed by atoms with Gasteiger partial charge in [0.1, 0.15) is 0 Å². The van der Waals surface area contributed by atoms with Crippen molar-refractivity contribution in [1.29, 1.82) is 0 Å². The van der Waals surface area contributed by atoms with Crippen LogP contribution in [0, 0.1) is 0 Å². The summed E-state index contributed by atoms with van der Waals surface area (Å²) < 4.78 is 14.1. The van der Waals surface area contributed by atoms with Crippen molar-refractivity contribution in [3.63, 3.8) is 0 Å². The van der Waals surface area contributed by atoms with Gasteiger partial charge in [-0.05, 0) is 13.3 Å². The molecule has 0 amide bonds. The fourth-order valence-corrected chi connectivity index (χ4v) is 1.05. The number of unbranched alkanes of at least 4 members (excludes halogenated alkanes) is 1. The zero-order chi connectivity index (χ0) is 14.7. The molecule has 19 heavy (non-hydrogen) atoms. The van der Waals surface area contributed by atoms with Crippen LogP contribution in [0.5, 0.6) is 0 Å². The molecule has 0 aromatic carbocycles. The van der Waals surface area contributed by atoms with Gasteiger partial charge in [0.05, 0.1) is 19.6 Å². The first-order chi connectivity index (χ1) is 9.01. The summed E-state index contributed by atoms with van der Waals surface area (Å²) in [6.45, 7) is 7.11. The number of ether oxygens (including phenoxy) is 3. The van der Waals surface area contributed by atoms with E-state index in [0.717, 1.165) is 12.8 Å². The van der Waals surface area contributed by atoms with E-state index in [0.29, 0.717) is 6.61 Å². The van der Waals surface area contributed by atoms with E-state index in [9.17, 15) is 14.4 Å². The fourth-order valence-electron chi connectivity index (χ4n) is 1.05. The van der Waals surface area contributed by atoms with Crippen molar-refractivity contribution in [3.05, 3.63) is 12.2 Å². The minimum atomic E-state index is -0.717. The van der Waals surface area contributed by atoms with Gasteiger partial charge in [0.25, 0.3) is 0 Å². The Bertz CT molecular complexity index is 334. The van der Waals surface area contributed by atoms with Gasteiger partial charge in [-0.25, -0.2) is 9.59 Å². The van der Waals surface area contributed by atoms with Crippen LogP contribution in [0.4, 0.5) is 0 Å². The molecule has 0 heterocycles. The van der Waals surface area contributed by atoms with Gasteiger partial charge in [0.2, 0.25) is 0 Å². The van der Waals surface area contributed by atoms with E-state index in [1.54, 1.807) is 6.92 Å². The molecule has 0 fully saturated rings. The minimum Gasteiger partial charge on any atom is -0.463 e. The Morgan fingerprint density at radius 3 is 2.26 bits per heavy atom. The smallest absolute Gasteiger partial charge is 0.344 e. The highest BCUT2D eigenvalue weighted by molar-refractivity contribution is 5.93. The Hall–Kier alpha value is -1.85. The second-order valence-electron chi connectivity index (χ2n) is 3.74. The van der Waals surface area contributed by atoms with Gasteiger partial charge in [-0.15, -0.1) is 0 Å². The maximum Gasteiger partial charge on any atom is 0.344 e. The molecule has 0 aliphatic heterocycles. The lowest BCUT2D eigenvalue weighted by atomic mass is 10.2. The largest absolute Gasteiger partial charge is 0.463 e. The summed E-state index contributed by atoms with van der Waals surface area (Å²) in [5.74, 6) is -1.97. The highest BCUT2D eigenvalue weighted by atomic mass is 16.6. The fraction of sp³-hybridized carbons (Fsp3) is 0.615. The lowest BCUT2D eigenvalue weighted by Crippen LogP contribution is -2.18. The highest BCUT2D eigenvalue weighted by Crippen LogP contribution is 2.04. The summed E-state index contributed by atoms with van der Waals surface area (Å²) in [5, 5.41) is 0. The molecule has 6 nitrogen and oxygen atoms in total. The molecule has 6 heteroatoms. The standard InChI is InChI=1S/C13H20O6/c1-4-6-7-18-13(16)10(3)8-11(14)19-9-12(15)17-5-2/h3-9H2,1-2H3. The number of hydrogen-bond donors (Lipinski definition) is 0. The Balaban J connectivity index is 3.88. The van der Waals surface area contributed by atoms with Gasteiger partial charge in [-0.3, -0.25) is 4.79 Å². The van der Waals surface area contributed by atoms with Crippen LogP contribution in [0.25, 0.3) is 0 Å². The third-order valence-electron chi connectivity index (χ3n) is 2.03. The molecule has 0 rings (SSSR count). The molecule has 0 saturated heterocycles. The molecular formula is C13H20O6. The topological polar surface area (TPSA) is 78.9 Å². The van der Waals surface area contributed by atoms with Gasteiger partial charge < -0.3 is 14.2 Å². The Labute approximate surface area is 112 Å². The van der Waals surface area contributed by atoms with Crippen LogP contribution in [0.1, 0.15) is 33.1 Å². The monoisotopic (exact) mass is 272 g/mol. The van der Waals surface area contributed by atoms with Crippen LogP contribution >= 0.6 is 0 Å². The number of esters is 3. The van der Waals surface area contributed by atoms with Gasteiger partial charge in [0, 0.05) is 5.57 Å². The van der Waals surface area contributed by atoms with Crippen LogP contribution < -0.4 is 0 Å². The third-order valence-corrected chi connectivity index (χ3v) is 2.03. The van der Waals surface area contributed by atoms with Crippen molar-refractivity contribution >= 4 is 17.9 Å². The molecule has 0 aliphatic rings. The average Bonchev–Trinajstić information content (AvgIpc) is 2.36. The lowest BCUT2D eigenvalue weighted by molar-refractivity contribution is -0.158. The van der Waals surface area contributed by atoms with Crippen LogP contribution in [0.3, 0.4) is 0 Å². The van der Waals surface area contributed by atoms with Crippen molar-refractivity contribution in [1.82, 2.24) is 0 Å². The van der Waals surface area contributed by atoms with E-state index in [-0.39, 0.29) is 18.6 Å². The van der Waals surface area contributed by atoms with Crippen LogP contribution in [-0.2, 0) is 28.6 Å². The summed E-state index contributed by atoms with van der Waals surface area (Å²) in [6, 6.07) is 0. The van der Waals surface area contributed by atoms with E-state index in [2.05, 4.69) is 16.1 Å². The summed E-state index contributed by atoms with van der Waals surface area (Å²) in [7, 11) is 0. The molecule has 0 unspecified atom stereocenters.